The number of nitrogens with zero attached hydrogens (tertiary/aromatic N) is 1. The molecule has 1 rings (SSSR count). The zero-order valence-electron chi connectivity index (χ0n) is 10.9. The van der Waals surface area contributed by atoms with Crippen molar-refractivity contribution >= 4 is 5.84 Å². The topological polar surface area (TPSA) is 82.6 Å². The van der Waals surface area contributed by atoms with Crippen LogP contribution in [0.15, 0.2) is 0 Å². The second kappa shape index (κ2) is 6.33. The lowest BCUT2D eigenvalue weighted by molar-refractivity contribution is -0.0531. The third kappa shape index (κ3) is 4.61. The Labute approximate surface area is 103 Å². The molecule has 0 bridgehead atoms. The van der Waals surface area contributed by atoms with Gasteiger partial charge in [0.25, 0.3) is 0 Å². The molecular weight excluding hydrogens is 218 g/mol. The largest absolute Gasteiger partial charge is 0.394 e. The first-order chi connectivity index (χ1) is 7.95. The predicted octanol–water partition coefficient (Wildman–Crippen LogP) is 0.422. The lowest BCUT2D eigenvalue weighted by Crippen LogP contribution is -2.44. The van der Waals surface area contributed by atoms with Gasteiger partial charge in [0.2, 0.25) is 0 Å². The van der Waals surface area contributed by atoms with Gasteiger partial charge in [0.05, 0.1) is 25.2 Å². The average molecular weight is 243 g/mol. The summed E-state index contributed by atoms with van der Waals surface area (Å²) in [4.78, 5) is 2.31. The summed E-state index contributed by atoms with van der Waals surface area (Å²) in [7, 11) is 0. The number of nitrogens with two attached hydrogens (primary N) is 1. The Balaban J connectivity index is 2.24. The summed E-state index contributed by atoms with van der Waals surface area (Å²) in [5.74, 6) is 0.257. The zero-order chi connectivity index (χ0) is 12.9. The Morgan fingerprint density at radius 3 is 2.88 bits per heavy atom. The molecule has 0 aromatic heterocycles. The van der Waals surface area contributed by atoms with Crippen LogP contribution >= 0.6 is 0 Å². The van der Waals surface area contributed by atoms with Crippen LogP contribution in [0.1, 0.15) is 26.7 Å². The van der Waals surface area contributed by atoms with Gasteiger partial charge >= 0.3 is 0 Å². The highest BCUT2D eigenvalue weighted by Gasteiger charge is 2.23. The van der Waals surface area contributed by atoms with E-state index in [2.05, 4.69) is 4.90 Å². The fourth-order valence-corrected chi connectivity index (χ4v) is 1.97. The number of hydrogen-bond acceptors (Lipinski definition) is 4. The van der Waals surface area contributed by atoms with E-state index in [4.69, 9.17) is 21.0 Å². The van der Waals surface area contributed by atoms with E-state index in [0.29, 0.717) is 6.61 Å². The smallest absolute Gasteiger partial charge is 0.0963 e. The van der Waals surface area contributed by atoms with Gasteiger partial charge in [0.1, 0.15) is 0 Å². The lowest BCUT2D eigenvalue weighted by Gasteiger charge is -2.32. The Morgan fingerprint density at radius 2 is 2.29 bits per heavy atom. The molecule has 0 aliphatic carbocycles. The maximum atomic E-state index is 9.04. The molecule has 1 atom stereocenters. The van der Waals surface area contributed by atoms with E-state index in [1.165, 1.54) is 0 Å². The third-order valence-corrected chi connectivity index (χ3v) is 3.43. The minimum atomic E-state index is -0.206. The molecule has 5 nitrogen and oxygen atoms in total. The molecule has 1 saturated heterocycles. The van der Waals surface area contributed by atoms with Crippen LogP contribution in [0, 0.1) is 10.8 Å². The Bertz CT molecular complexity index is 256. The van der Waals surface area contributed by atoms with Gasteiger partial charge in [-0.2, -0.15) is 0 Å². The molecule has 0 aromatic carbocycles. The minimum absolute atomic E-state index is 0.0374. The monoisotopic (exact) mass is 243 g/mol. The molecule has 5 heteroatoms. The van der Waals surface area contributed by atoms with Crippen molar-refractivity contribution in [3.63, 3.8) is 0 Å². The number of morpholine rings is 1. The molecule has 0 aromatic rings. The predicted molar refractivity (Wildman–Crippen MR) is 68.2 cm³/mol. The summed E-state index contributed by atoms with van der Waals surface area (Å²) in [6.07, 6.45) is 1.90. The minimum Gasteiger partial charge on any atom is -0.394 e. The second-order valence-corrected chi connectivity index (χ2v) is 5.38. The number of aliphatic hydroxyl groups excluding tert-OH is 1. The molecule has 100 valence electrons. The number of aliphatic hydroxyl groups is 1. The molecule has 0 saturated carbocycles. The van der Waals surface area contributed by atoms with Gasteiger partial charge in [-0.15, -0.1) is 0 Å². The molecule has 1 heterocycles. The summed E-state index contributed by atoms with van der Waals surface area (Å²) in [6.45, 7) is 7.51. The van der Waals surface area contributed by atoms with Crippen LogP contribution in [0.5, 0.6) is 0 Å². The van der Waals surface area contributed by atoms with Gasteiger partial charge in [0.15, 0.2) is 0 Å². The molecule has 1 aliphatic heterocycles. The van der Waals surface area contributed by atoms with Crippen LogP contribution < -0.4 is 5.73 Å². The first-order valence-electron chi connectivity index (χ1n) is 6.25. The van der Waals surface area contributed by atoms with Gasteiger partial charge < -0.3 is 15.6 Å². The van der Waals surface area contributed by atoms with Crippen LogP contribution in [0.25, 0.3) is 0 Å². The van der Waals surface area contributed by atoms with Crippen molar-refractivity contribution in [1.29, 1.82) is 5.41 Å². The van der Waals surface area contributed by atoms with Gasteiger partial charge in [-0.05, 0) is 19.4 Å². The van der Waals surface area contributed by atoms with Crippen molar-refractivity contribution in [3.8, 4) is 0 Å². The van der Waals surface area contributed by atoms with E-state index in [0.717, 1.165) is 32.5 Å². The summed E-state index contributed by atoms with van der Waals surface area (Å²) < 4.78 is 5.40. The van der Waals surface area contributed by atoms with E-state index in [-0.39, 0.29) is 24.0 Å². The number of amidine groups is 1. The molecule has 0 radical (unpaired) electrons. The first-order valence-corrected chi connectivity index (χ1v) is 6.25. The van der Waals surface area contributed by atoms with Gasteiger partial charge in [-0.1, -0.05) is 13.8 Å². The van der Waals surface area contributed by atoms with Crippen LogP contribution in [0.4, 0.5) is 0 Å². The summed E-state index contributed by atoms with van der Waals surface area (Å²) >= 11 is 0. The molecular formula is C12H25N3O2. The van der Waals surface area contributed by atoms with E-state index < -0.39 is 0 Å². The molecule has 1 unspecified atom stereocenters. The second-order valence-electron chi connectivity index (χ2n) is 5.38. The molecule has 0 spiro atoms. The highest BCUT2D eigenvalue weighted by atomic mass is 16.5. The fraction of sp³-hybridized carbons (Fsp3) is 0.917. The summed E-state index contributed by atoms with van der Waals surface area (Å²) in [5, 5.41) is 16.5. The molecule has 1 aliphatic rings. The van der Waals surface area contributed by atoms with E-state index >= 15 is 0 Å². The average Bonchev–Trinajstić information content (AvgIpc) is 2.29. The number of nitrogens with one attached hydrogen (secondary N) is 1. The Morgan fingerprint density at radius 1 is 1.59 bits per heavy atom. The molecule has 1 fully saturated rings. The highest BCUT2D eigenvalue weighted by Crippen LogP contribution is 2.22. The van der Waals surface area contributed by atoms with Crippen molar-refractivity contribution in [2.24, 2.45) is 11.1 Å². The van der Waals surface area contributed by atoms with Gasteiger partial charge in [0, 0.05) is 18.5 Å². The van der Waals surface area contributed by atoms with Crippen LogP contribution in [0.2, 0.25) is 0 Å². The standard InChI is InChI=1S/C12H25N3O2/c1-12(2,11(13)14)4-3-5-15-6-7-17-10(8-15)9-16/h10,16H,3-9H2,1-2H3,(H3,13,14). The van der Waals surface area contributed by atoms with Crippen molar-refractivity contribution in [3.05, 3.63) is 0 Å². The van der Waals surface area contributed by atoms with Crippen LogP contribution in [-0.4, -0.2) is 54.8 Å². The lowest BCUT2D eigenvalue weighted by atomic mass is 9.86. The molecule has 17 heavy (non-hydrogen) atoms. The van der Waals surface area contributed by atoms with Crippen molar-refractivity contribution < 1.29 is 9.84 Å². The van der Waals surface area contributed by atoms with E-state index in [1.54, 1.807) is 0 Å². The molecule has 0 amide bonds. The van der Waals surface area contributed by atoms with E-state index in [1.807, 2.05) is 13.8 Å². The number of ether oxygens (including phenoxy) is 1. The number of hydrogen-bond donors (Lipinski definition) is 3. The zero-order valence-corrected chi connectivity index (χ0v) is 10.9. The number of rotatable bonds is 6. The van der Waals surface area contributed by atoms with Gasteiger partial charge in [-0.3, -0.25) is 10.3 Å². The first kappa shape index (κ1) is 14.4. The maximum Gasteiger partial charge on any atom is 0.0963 e. The fourth-order valence-electron chi connectivity index (χ4n) is 1.97. The summed E-state index contributed by atoms with van der Waals surface area (Å²) in [5.41, 5.74) is 5.34. The SMILES string of the molecule is CC(C)(CCCN1CCOC(CO)C1)C(=N)N. The third-order valence-electron chi connectivity index (χ3n) is 3.43. The Kier molecular flexibility index (Phi) is 5.36. The molecule has 4 N–H and O–H groups in total. The van der Waals surface area contributed by atoms with Gasteiger partial charge in [-0.25, -0.2) is 0 Å². The van der Waals surface area contributed by atoms with Crippen molar-refractivity contribution in [1.82, 2.24) is 4.90 Å². The van der Waals surface area contributed by atoms with Crippen molar-refractivity contribution in [2.45, 2.75) is 32.8 Å². The van der Waals surface area contributed by atoms with E-state index in [9.17, 15) is 0 Å². The maximum absolute atomic E-state index is 9.04. The van der Waals surface area contributed by atoms with Crippen LogP contribution in [0.3, 0.4) is 0 Å². The highest BCUT2D eigenvalue weighted by molar-refractivity contribution is 5.82. The van der Waals surface area contributed by atoms with Crippen molar-refractivity contribution in [2.75, 3.05) is 32.8 Å². The summed E-state index contributed by atoms with van der Waals surface area (Å²) in [6, 6.07) is 0. The Hall–Kier alpha value is -0.650. The van der Waals surface area contributed by atoms with Crippen LogP contribution in [-0.2, 0) is 4.74 Å². The quantitative estimate of drug-likeness (QED) is 0.466. The normalized spacial score (nSPS) is 22.6.